The lowest BCUT2D eigenvalue weighted by molar-refractivity contribution is 0.101. The van der Waals surface area contributed by atoms with Crippen molar-refractivity contribution < 1.29 is 4.79 Å². The van der Waals surface area contributed by atoms with Crippen LogP contribution in [0.3, 0.4) is 0 Å². The lowest BCUT2D eigenvalue weighted by Crippen LogP contribution is -2.36. The summed E-state index contributed by atoms with van der Waals surface area (Å²) in [5.74, 6) is -0.151. The van der Waals surface area contributed by atoms with Gasteiger partial charge in [-0.1, -0.05) is 6.92 Å². The molecule has 17 heavy (non-hydrogen) atoms. The van der Waals surface area contributed by atoms with Crippen LogP contribution in [0, 0.1) is 0 Å². The van der Waals surface area contributed by atoms with Crippen molar-refractivity contribution in [1.29, 1.82) is 0 Å². The van der Waals surface area contributed by atoms with E-state index in [1.807, 2.05) is 0 Å². The Labute approximate surface area is 101 Å². The standard InChI is InChI=1S/C13H18N2O2/c1-4-15-6-5-12-10(8-15)7-11(9(2)16)13(17)14(12)3/h7H,4-6,8H2,1-3H3. The van der Waals surface area contributed by atoms with Gasteiger partial charge in [0.2, 0.25) is 0 Å². The largest absolute Gasteiger partial charge is 0.315 e. The summed E-state index contributed by atoms with van der Waals surface area (Å²) < 4.78 is 1.64. The fraction of sp³-hybridized carbons (Fsp3) is 0.538. The molecule has 0 bridgehead atoms. The maximum Gasteiger partial charge on any atom is 0.261 e. The van der Waals surface area contributed by atoms with E-state index in [1.165, 1.54) is 6.92 Å². The second kappa shape index (κ2) is 4.45. The van der Waals surface area contributed by atoms with E-state index in [2.05, 4.69) is 11.8 Å². The number of Topliss-reactive ketones (excluding diaryl/α,β-unsaturated/α-hetero) is 1. The topological polar surface area (TPSA) is 42.3 Å². The second-order valence-corrected chi connectivity index (χ2v) is 4.57. The van der Waals surface area contributed by atoms with Gasteiger partial charge in [-0.05, 0) is 25.1 Å². The minimum atomic E-state index is -0.166. The van der Waals surface area contributed by atoms with Crippen LogP contribution in [-0.2, 0) is 20.0 Å². The van der Waals surface area contributed by atoms with Gasteiger partial charge in [0, 0.05) is 32.3 Å². The Morgan fingerprint density at radius 1 is 1.47 bits per heavy atom. The number of carbonyl (C=O) groups excluding carboxylic acids is 1. The van der Waals surface area contributed by atoms with Crippen molar-refractivity contribution >= 4 is 5.78 Å². The van der Waals surface area contributed by atoms with Crippen molar-refractivity contribution in [2.45, 2.75) is 26.8 Å². The summed E-state index contributed by atoms with van der Waals surface area (Å²) >= 11 is 0. The molecule has 0 aromatic carbocycles. The smallest absolute Gasteiger partial charge is 0.261 e. The number of ketones is 1. The van der Waals surface area contributed by atoms with Crippen LogP contribution in [0.15, 0.2) is 10.9 Å². The third kappa shape index (κ3) is 2.05. The highest BCUT2D eigenvalue weighted by Gasteiger charge is 2.20. The first-order chi connectivity index (χ1) is 8.04. The van der Waals surface area contributed by atoms with Gasteiger partial charge in [-0.25, -0.2) is 0 Å². The van der Waals surface area contributed by atoms with Crippen molar-refractivity contribution in [3.05, 3.63) is 33.2 Å². The Morgan fingerprint density at radius 3 is 2.76 bits per heavy atom. The SMILES string of the molecule is CCN1CCc2c(cc(C(C)=O)c(=O)n2C)C1. The first-order valence-electron chi connectivity index (χ1n) is 5.99. The van der Waals surface area contributed by atoms with E-state index < -0.39 is 0 Å². The summed E-state index contributed by atoms with van der Waals surface area (Å²) in [6.07, 6.45) is 0.882. The van der Waals surface area contributed by atoms with Crippen LogP contribution in [0.25, 0.3) is 0 Å². The minimum absolute atomic E-state index is 0.151. The average Bonchev–Trinajstić information content (AvgIpc) is 2.32. The molecular weight excluding hydrogens is 216 g/mol. The molecule has 1 aromatic rings. The predicted octanol–water partition coefficient (Wildman–Crippen LogP) is 0.966. The van der Waals surface area contributed by atoms with Gasteiger partial charge < -0.3 is 4.57 Å². The zero-order valence-electron chi connectivity index (χ0n) is 10.6. The lowest BCUT2D eigenvalue weighted by atomic mass is 10.0. The van der Waals surface area contributed by atoms with Crippen LogP contribution in [0.4, 0.5) is 0 Å². The van der Waals surface area contributed by atoms with Gasteiger partial charge in [0.05, 0.1) is 5.56 Å². The Bertz CT molecular complexity index is 517. The first kappa shape index (κ1) is 12.0. The maximum atomic E-state index is 12.0. The van der Waals surface area contributed by atoms with Crippen molar-refractivity contribution in [1.82, 2.24) is 9.47 Å². The third-order valence-corrected chi connectivity index (χ3v) is 3.51. The van der Waals surface area contributed by atoms with Gasteiger partial charge in [-0.2, -0.15) is 0 Å². The van der Waals surface area contributed by atoms with Gasteiger partial charge >= 0.3 is 0 Å². The molecule has 1 aliphatic heterocycles. The van der Waals surface area contributed by atoms with Crippen molar-refractivity contribution in [2.24, 2.45) is 7.05 Å². The molecule has 4 heteroatoms. The Hall–Kier alpha value is -1.42. The molecule has 0 unspecified atom stereocenters. The number of carbonyl (C=O) groups is 1. The highest BCUT2D eigenvalue weighted by atomic mass is 16.1. The molecule has 2 heterocycles. The van der Waals surface area contributed by atoms with Gasteiger partial charge in [0.25, 0.3) is 5.56 Å². The Morgan fingerprint density at radius 2 is 2.18 bits per heavy atom. The van der Waals surface area contributed by atoms with Gasteiger partial charge in [0.15, 0.2) is 5.78 Å². The highest BCUT2D eigenvalue weighted by molar-refractivity contribution is 5.93. The number of nitrogens with zero attached hydrogens (tertiary/aromatic N) is 2. The van der Waals surface area contributed by atoms with Crippen LogP contribution in [0.2, 0.25) is 0 Å². The van der Waals surface area contributed by atoms with Crippen LogP contribution >= 0.6 is 0 Å². The molecule has 0 amide bonds. The monoisotopic (exact) mass is 234 g/mol. The van der Waals surface area contributed by atoms with E-state index >= 15 is 0 Å². The quantitative estimate of drug-likeness (QED) is 0.716. The lowest BCUT2D eigenvalue weighted by Gasteiger charge is -2.29. The summed E-state index contributed by atoms with van der Waals surface area (Å²) in [5.41, 5.74) is 2.33. The van der Waals surface area contributed by atoms with E-state index in [1.54, 1.807) is 17.7 Å². The van der Waals surface area contributed by atoms with Crippen molar-refractivity contribution in [3.8, 4) is 0 Å². The normalized spacial score (nSPS) is 15.7. The van der Waals surface area contributed by atoms with Crippen LogP contribution in [0.5, 0.6) is 0 Å². The molecule has 0 saturated heterocycles. The number of hydrogen-bond donors (Lipinski definition) is 0. The zero-order valence-corrected chi connectivity index (χ0v) is 10.6. The molecule has 0 atom stereocenters. The van der Waals surface area contributed by atoms with E-state index in [9.17, 15) is 9.59 Å². The number of rotatable bonds is 2. The predicted molar refractivity (Wildman–Crippen MR) is 66.3 cm³/mol. The zero-order chi connectivity index (χ0) is 12.6. The third-order valence-electron chi connectivity index (χ3n) is 3.51. The number of fused-ring (bicyclic) bond motifs is 1. The number of pyridine rings is 1. The molecule has 0 saturated carbocycles. The molecule has 0 fully saturated rings. The van der Waals surface area contributed by atoms with E-state index in [0.29, 0.717) is 5.56 Å². The molecule has 4 nitrogen and oxygen atoms in total. The average molecular weight is 234 g/mol. The maximum absolute atomic E-state index is 12.0. The number of aromatic nitrogens is 1. The molecular formula is C13H18N2O2. The van der Waals surface area contributed by atoms with Gasteiger partial charge in [0.1, 0.15) is 0 Å². The van der Waals surface area contributed by atoms with Gasteiger partial charge in [-0.3, -0.25) is 14.5 Å². The Kier molecular flexibility index (Phi) is 3.15. The molecule has 1 aromatic heterocycles. The minimum Gasteiger partial charge on any atom is -0.315 e. The van der Waals surface area contributed by atoms with Crippen LogP contribution in [-0.4, -0.2) is 28.3 Å². The second-order valence-electron chi connectivity index (χ2n) is 4.57. The van der Waals surface area contributed by atoms with Crippen molar-refractivity contribution in [3.63, 3.8) is 0 Å². The molecule has 1 aliphatic rings. The summed E-state index contributed by atoms with van der Waals surface area (Å²) in [6, 6.07) is 1.78. The fourth-order valence-electron chi connectivity index (χ4n) is 2.41. The fourth-order valence-corrected chi connectivity index (χ4v) is 2.41. The van der Waals surface area contributed by atoms with Crippen LogP contribution < -0.4 is 5.56 Å². The summed E-state index contributed by atoms with van der Waals surface area (Å²) in [4.78, 5) is 25.7. The molecule has 2 rings (SSSR count). The first-order valence-corrected chi connectivity index (χ1v) is 5.99. The molecule has 0 aliphatic carbocycles. The van der Waals surface area contributed by atoms with E-state index in [-0.39, 0.29) is 11.3 Å². The molecule has 0 spiro atoms. The molecule has 0 N–H and O–H groups in total. The number of likely N-dealkylation sites (N-methyl/N-ethyl adjacent to an activating group) is 1. The van der Waals surface area contributed by atoms with Gasteiger partial charge in [-0.15, -0.1) is 0 Å². The number of hydrogen-bond acceptors (Lipinski definition) is 3. The summed E-state index contributed by atoms with van der Waals surface area (Å²) in [7, 11) is 1.76. The van der Waals surface area contributed by atoms with E-state index in [0.717, 1.165) is 37.3 Å². The highest BCUT2D eigenvalue weighted by Crippen LogP contribution is 2.18. The summed E-state index contributed by atoms with van der Waals surface area (Å²) in [6.45, 7) is 6.39. The molecule has 92 valence electrons. The molecule has 0 radical (unpaired) electrons. The summed E-state index contributed by atoms with van der Waals surface area (Å²) in [5, 5.41) is 0. The van der Waals surface area contributed by atoms with Crippen molar-refractivity contribution in [2.75, 3.05) is 13.1 Å². The Balaban J connectivity index is 2.55. The van der Waals surface area contributed by atoms with E-state index in [4.69, 9.17) is 0 Å². The van der Waals surface area contributed by atoms with Crippen LogP contribution in [0.1, 0.15) is 35.5 Å².